The van der Waals surface area contributed by atoms with E-state index >= 15 is 0 Å². The average Bonchev–Trinajstić information content (AvgIpc) is 2.33. The maximum atomic E-state index is 9.80. The van der Waals surface area contributed by atoms with Crippen molar-refractivity contribution in [3.63, 3.8) is 0 Å². The van der Waals surface area contributed by atoms with E-state index < -0.39 is 5.60 Å². The summed E-state index contributed by atoms with van der Waals surface area (Å²) in [5, 5.41) is 13.0. The van der Waals surface area contributed by atoms with E-state index in [0.717, 1.165) is 19.4 Å². The topological polar surface area (TPSA) is 32.3 Å². The first-order valence-electron chi connectivity index (χ1n) is 3.94. The minimum absolute atomic E-state index is 0.237. The zero-order valence-electron chi connectivity index (χ0n) is 6.01. The lowest BCUT2D eigenvalue weighted by atomic mass is 9.75. The summed E-state index contributed by atoms with van der Waals surface area (Å²) in [4.78, 5) is 0. The van der Waals surface area contributed by atoms with Gasteiger partial charge in [0.1, 0.15) is 0 Å². The van der Waals surface area contributed by atoms with Gasteiger partial charge >= 0.3 is 0 Å². The lowest BCUT2D eigenvalue weighted by molar-refractivity contribution is -0.0495. The second kappa shape index (κ2) is 2.07. The molecule has 0 radical (unpaired) electrons. The van der Waals surface area contributed by atoms with Crippen molar-refractivity contribution in [2.24, 2.45) is 0 Å². The summed E-state index contributed by atoms with van der Waals surface area (Å²) >= 11 is 0. The molecule has 2 rings (SSSR count). The van der Waals surface area contributed by atoms with Crippen LogP contribution in [-0.4, -0.2) is 23.3 Å². The van der Waals surface area contributed by atoms with E-state index in [4.69, 9.17) is 0 Å². The van der Waals surface area contributed by atoms with Gasteiger partial charge in [0.15, 0.2) is 0 Å². The van der Waals surface area contributed by atoms with E-state index in [0.29, 0.717) is 0 Å². The minimum atomic E-state index is -0.396. The third kappa shape index (κ3) is 0.796. The fourth-order valence-corrected chi connectivity index (χ4v) is 1.69. The molecule has 2 nitrogen and oxygen atoms in total. The highest BCUT2D eigenvalue weighted by molar-refractivity contribution is 5.13. The SMILES string of the molecule is OC1(C2C=CCN2)CCC1. The summed E-state index contributed by atoms with van der Waals surface area (Å²) < 4.78 is 0. The van der Waals surface area contributed by atoms with Gasteiger partial charge < -0.3 is 10.4 Å². The van der Waals surface area contributed by atoms with Crippen LogP contribution in [0.15, 0.2) is 12.2 Å². The lowest BCUT2D eigenvalue weighted by Crippen LogP contribution is -2.52. The molecule has 0 bridgehead atoms. The van der Waals surface area contributed by atoms with E-state index in [1.54, 1.807) is 0 Å². The fraction of sp³-hybridized carbons (Fsp3) is 0.750. The number of hydrogen-bond donors (Lipinski definition) is 2. The molecular formula is C8H13NO. The van der Waals surface area contributed by atoms with Crippen LogP contribution < -0.4 is 5.32 Å². The van der Waals surface area contributed by atoms with Crippen molar-refractivity contribution in [2.45, 2.75) is 30.9 Å². The number of nitrogens with one attached hydrogen (secondary N) is 1. The molecular weight excluding hydrogens is 126 g/mol. The predicted molar refractivity (Wildman–Crippen MR) is 39.7 cm³/mol. The molecule has 10 heavy (non-hydrogen) atoms. The van der Waals surface area contributed by atoms with Crippen molar-refractivity contribution >= 4 is 0 Å². The Morgan fingerprint density at radius 1 is 1.50 bits per heavy atom. The summed E-state index contributed by atoms with van der Waals surface area (Å²) in [5.41, 5.74) is -0.396. The first-order chi connectivity index (χ1) is 4.81. The summed E-state index contributed by atoms with van der Waals surface area (Å²) in [7, 11) is 0. The van der Waals surface area contributed by atoms with Crippen LogP contribution in [0.2, 0.25) is 0 Å². The monoisotopic (exact) mass is 139 g/mol. The predicted octanol–water partition coefficient (Wildman–Crippen LogP) is 0.429. The Bertz CT molecular complexity index is 161. The Labute approximate surface area is 60.9 Å². The van der Waals surface area contributed by atoms with Crippen molar-refractivity contribution in [3.8, 4) is 0 Å². The molecule has 0 aromatic rings. The first kappa shape index (κ1) is 6.38. The largest absolute Gasteiger partial charge is 0.388 e. The van der Waals surface area contributed by atoms with Crippen molar-refractivity contribution in [1.82, 2.24) is 5.32 Å². The zero-order chi connectivity index (χ0) is 7.03. The zero-order valence-corrected chi connectivity index (χ0v) is 6.01. The van der Waals surface area contributed by atoms with E-state index in [1.807, 2.05) is 0 Å². The van der Waals surface area contributed by atoms with Gasteiger partial charge in [-0.1, -0.05) is 12.2 Å². The standard InChI is InChI=1S/C8H13NO/c10-8(4-2-5-8)7-3-1-6-9-7/h1,3,7,9-10H,2,4-6H2. The summed E-state index contributed by atoms with van der Waals surface area (Å²) in [6.07, 6.45) is 7.28. The molecule has 1 atom stereocenters. The van der Waals surface area contributed by atoms with E-state index in [9.17, 15) is 5.11 Å². The van der Waals surface area contributed by atoms with Gasteiger partial charge in [-0.15, -0.1) is 0 Å². The fourth-order valence-electron chi connectivity index (χ4n) is 1.69. The van der Waals surface area contributed by atoms with E-state index in [2.05, 4.69) is 17.5 Å². The Morgan fingerprint density at radius 3 is 2.70 bits per heavy atom. The number of rotatable bonds is 1. The van der Waals surface area contributed by atoms with Crippen LogP contribution in [0.5, 0.6) is 0 Å². The molecule has 56 valence electrons. The minimum Gasteiger partial charge on any atom is -0.388 e. The van der Waals surface area contributed by atoms with Crippen LogP contribution in [0.4, 0.5) is 0 Å². The number of hydrogen-bond acceptors (Lipinski definition) is 2. The highest BCUT2D eigenvalue weighted by Gasteiger charge is 2.41. The molecule has 1 aliphatic heterocycles. The molecule has 1 heterocycles. The molecule has 1 saturated carbocycles. The molecule has 2 N–H and O–H groups in total. The molecule has 0 spiro atoms. The van der Waals surface area contributed by atoms with Gasteiger partial charge in [-0.3, -0.25) is 0 Å². The Hall–Kier alpha value is -0.340. The van der Waals surface area contributed by atoms with Gasteiger partial charge in [0, 0.05) is 6.54 Å². The van der Waals surface area contributed by atoms with Gasteiger partial charge in [0.25, 0.3) is 0 Å². The number of aliphatic hydroxyl groups is 1. The Kier molecular flexibility index (Phi) is 1.32. The highest BCUT2D eigenvalue weighted by Crippen LogP contribution is 2.35. The molecule has 0 amide bonds. The van der Waals surface area contributed by atoms with E-state index in [-0.39, 0.29) is 6.04 Å². The van der Waals surface area contributed by atoms with Crippen LogP contribution in [0, 0.1) is 0 Å². The smallest absolute Gasteiger partial charge is 0.0835 e. The normalized spacial score (nSPS) is 35.9. The second-order valence-electron chi connectivity index (χ2n) is 3.27. The van der Waals surface area contributed by atoms with Crippen molar-refractivity contribution in [3.05, 3.63) is 12.2 Å². The quantitative estimate of drug-likeness (QED) is 0.516. The Morgan fingerprint density at radius 2 is 2.30 bits per heavy atom. The van der Waals surface area contributed by atoms with Crippen LogP contribution in [0.25, 0.3) is 0 Å². The first-order valence-corrected chi connectivity index (χ1v) is 3.94. The molecule has 0 saturated heterocycles. The summed E-state index contributed by atoms with van der Waals surface area (Å²) in [5.74, 6) is 0. The van der Waals surface area contributed by atoms with Crippen LogP contribution >= 0.6 is 0 Å². The second-order valence-corrected chi connectivity index (χ2v) is 3.27. The van der Waals surface area contributed by atoms with Crippen LogP contribution in [0.3, 0.4) is 0 Å². The van der Waals surface area contributed by atoms with Crippen molar-refractivity contribution in [1.29, 1.82) is 0 Å². The molecule has 1 aliphatic carbocycles. The van der Waals surface area contributed by atoms with Gasteiger partial charge in [0.2, 0.25) is 0 Å². The molecule has 0 aromatic carbocycles. The van der Waals surface area contributed by atoms with Gasteiger partial charge in [-0.25, -0.2) is 0 Å². The molecule has 1 fully saturated rings. The van der Waals surface area contributed by atoms with Crippen molar-refractivity contribution in [2.75, 3.05) is 6.54 Å². The van der Waals surface area contributed by atoms with Crippen molar-refractivity contribution < 1.29 is 5.11 Å². The molecule has 2 heteroatoms. The average molecular weight is 139 g/mol. The van der Waals surface area contributed by atoms with Gasteiger partial charge in [-0.2, -0.15) is 0 Å². The Balaban J connectivity index is 2.03. The third-order valence-electron chi connectivity index (χ3n) is 2.58. The highest BCUT2D eigenvalue weighted by atomic mass is 16.3. The maximum absolute atomic E-state index is 9.80. The van der Waals surface area contributed by atoms with E-state index in [1.165, 1.54) is 6.42 Å². The summed E-state index contributed by atoms with van der Waals surface area (Å²) in [6.45, 7) is 0.924. The maximum Gasteiger partial charge on any atom is 0.0835 e. The van der Waals surface area contributed by atoms with Crippen LogP contribution in [0.1, 0.15) is 19.3 Å². The van der Waals surface area contributed by atoms with Crippen LogP contribution in [-0.2, 0) is 0 Å². The van der Waals surface area contributed by atoms with Gasteiger partial charge in [0.05, 0.1) is 11.6 Å². The lowest BCUT2D eigenvalue weighted by Gasteiger charge is -2.41. The summed E-state index contributed by atoms with van der Waals surface area (Å²) in [6, 6.07) is 0.237. The third-order valence-corrected chi connectivity index (χ3v) is 2.58. The molecule has 0 aromatic heterocycles. The van der Waals surface area contributed by atoms with Gasteiger partial charge in [-0.05, 0) is 19.3 Å². The molecule has 1 unspecified atom stereocenters. The molecule has 2 aliphatic rings.